The van der Waals surface area contributed by atoms with Crippen molar-refractivity contribution in [1.29, 1.82) is 0 Å². The van der Waals surface area contributed by atoms with E-state index < -0.39 is 0 Å². The average molecular weight is 350 g/mol. The predicted octanol–water partition coefficient (Wildman–Crippen LogP) is -7.68. The first-order valence-corrected chi connectivity index (χ1v) is 1.72. The zero-order chi connectivity index (χ0) is 3.54. The van der Waals surface area contributed by atoms with E-state index in [0.29, 0.717) is 0 Å². The Labute approximate surface area is 93.2 Å². The van der Waals surface area contributed by atoms with E-state index in [-0.39, 0.29) is 63.1 Å². The van der Waals surface area contributed by atoms with E-state index in [1.54, 1.807) is 0 Å². The molecule has 0 aromatic heterocycles. The minimum atomic E-state index is 0. The van der Waals surface area contributed by atoms with E-state index in [0.717, 1.165) is 6.42 Å². The van der Waals surface area contributed by atoms with Gasteiger partial charge in [0, 0.05) is 25.8 Å². The smallest absolute Gasteiger partial charge is 0 e. The Morgan fingerprint density at radius 3 is 1.78 bits per heavy atom. The molecule has 4 heteroatoms. The molecule has 0 fully saturated rings. The second-order valence-electron chi connectivity index (χ2n) is 1.00. The van der Waals surface area contributed by atoms with Crippen molar-refractivity contribution in [2.75, 3.05) is 0 Å². The summed E-state index contributed by atoms with van der Waals surface area (Å²) in [5, 5.41) is 0. The third-order valence-electron chi connectivity index (χ3n) is 0.586. The molecule has 1 radical (unpaired) electrons. The molecule has 1 rings (SSSR count). The summed E-state index contributed by atoms with van der Waals surface area (Å²) < 4.78 is 0. The van der Waals surface area contributed by atoms with E-state index in [2.05, 4.69) is 12.2 Å². The van der Waals surface area contributed by atoms with Crippen molar-refractivity contribution in [1.82, 2.24) is 0 Å². The molecule has 0 aromatic carbocycles. The van der Waals surface area contributed by atoms with Gasteiger partial charge in [-0.15, -0.1) is 0 Å². The Morgan fingerprint density at radius 2 is 1.67 bits per heavy atom. The topological polar surface area (TPSA) is 0 Å². The second kappa shape index (κ2) is 16.1. The summed E-state index contributed by atoms with van der Waals surface area (Å²) in [5.74, 6) is 0. The summed E-state index contributed by atoms with van der Waals surface area (Å²) in [6.45, 7) is 0. The van der Waals surface area contributed by atoms with E-state index in [9.17, 15) is 0 Å². The van der Waals surface area contributed by atoms with Gasteiger partial charge in [0.2, 0.25) is 0 Å². The Kier molecular flexibility index (Phi) is 40.2. The molecule has 0 unspecified atom stereocenters. The normalized spacial score (nSPS) is 9.78. The zero-order valence-electron chi connectivity index (χ0n) is 4.57. The summed E-state index contributed by atoms with van der Waals surface area (Å²) in [4.78, 5) is 0. The van der Waals surface area contributed by atoms with Crippen molar-refractivity contribution in [2.45, 2.75) is 6.42 Å². The molecule has 1 aliphatic carbocycles. The molecule has 0 aliphatic heterocycles. The van der Waals surface area contributed by atoms with Crippen LogP contribution in [0.25, 0.3) is 0 Å². The van der Waals surface area contributed by atoms with Crippen LogP contribution in [-0.2, 0) is 25.8 Å². The van der Waals surface area contributed by atoms with E-state index in [1.807, 2.05) is 12.2 Å². The molecule has 0 aromatic rings. The van der Waals surface area contributed by atoms with Gasteiger partial charge < -0.3 is 37.2 Å². The number of halogens is 3. The van der Waals surface area contributed by atoms with Crippen LogP contribution in [-0.4, -0.2) is 0 Å². The van der Waals surface area contributed by atoms with Crippen LogP contribution in [0.15, 0.2) is 18.2 Å². The predicted molar refractivity (Wildman–Crippen MR) is 21.6 cm³/mol. The quantitative estimate of drug-likeness (QED) is 0.381. The molecule has 0 heterocycles. The van der Waals surface area contributed by atoms with Gasteiger partial charge >= 0.3 is 0 Å². The molecular formula is C5H5Cl3Hf-3. The van der Waals surface area contributed by atoms with E-state index in [4.69, 9.17) is 0 Å². The van der Waals surface area contributed by atoms with Crippen LogP contribution in [0, 0.1) is 6.08 Å². The van der Waals surface area contributed by atoms with E-state index >= 15 is 0 Å². The molecule has 0 spiro atoms. The van der Waals surface area contributed by atoms with Gasteiger partial charge in [-0.1, -0.05) is 18.2 Å². The first-order valence-electron chi connectivity index (χ1n) is 1.72. The summed E-state index contributed by atoms with van der Waals surface area (Å²) in [7, 11) is 0. The van der Waals surface area contributed by atoms with Crippen molar-refractivity contribution in [3.8, 4) is 0 Å². The van der Waals surface area contributed by atoms with Crippen molar-refractivity contribution < 1.29 is 63.1 Å². The van der Waals surface area contributed by atoms with Crippen LogP contribution in [0.1, 0.15) is 6.42 Å². The van der Waals surface area contributed by atoms with Crippen LogP contribution < -0.4 is 37.2 Å². The van der Waals surface area contributed by atoms with Gasteiger partial charge in [-0.25, -0.2) is 0 Å². The second-order valence-corrected chi connectivity index (χ2v) is 1.00. The molecule has 9 heavy (non-hydrogen) atoms. The standard InChI is InChI=1S/C5H5.3ClH.Hf/c1-2-4-5-3-1;;;;/h1-3H,4H2;3*1H;/p-3. The SMILES string of the molecule is [C]1=CC=CC1.[Cl-].[Cl-].[Cl-].[Hf]. The van der Waals surface area contributed by atoms with Gasteiger partial charge in [-0.05, 0) is 12.5 Å². The molecule has 0 bridgehead atoms. The Bertz CT molecular complexity index is 70.3. The molecular weight excluding hydrogens is 345 g/mol. The van der Waals surface area contributed by atoms with Gasteiger partial charge in [0.1, 0.15) is 0 Å². The van der Waals surface area contributed by atoms with Crippen molar-refractivity contribution >= 4 is 0 Å². The Hall–Kier alpha value is 1.22. The Morgan fingerprint density at radius 1 is 1.11 bits per heavy atom. The Balaban J connectivity index is -0.0000000312. The van der Waals surface area contributed by atoms with Gasteiger partial charge in [0.05, 0.1) is 0 Å². The maximum Gasteiger partial charge on any atom is 0 e. The number of hydrogen-bond donors (Lipinski definition) is 0. The third-order valence-corrected chi connectivity index (χ3v) is 0.586. The molecule has 0 amide bonds. The minimum absolute atomic E-state index is 0. The van der Waals surface area contributed by atoms with Gasteiger partial charge in [0.25, 0.3) is 0 Å². The number of allylic oxidation sites excluding steroid dienone is 4. The average Bonchev–Trinajstić information content (AvgIpc) is 1.76. The molecule has 0 N–H and O–H groups in total. The van der Waals surface area contributed by atoms with Gasteiger partial charge in [-0.3, -0.25) is 0 Å². The maximum absolute atomic E-state index is 2.99. The minimum Gasteiger partial charge on any atom is -1.00 e. The molecule has 53 valence electrons. The van der Waals surface area contributed by atoms with Crippen LogP contribution >= 0.6 is 0 Å². The van der Waals surface area contributed by atoms with Crippen LogP contribution in [0.5, 0.6) is 0 Å². The monoisotopic (exact) mass is 350 g/mol. The number of hydrogen-bond acceptors (Lipinski definition) is 0. The molecule has 0 saturated carbocycles. The fraction of sp³-hybridized carbons (Fsp3) is 0.200. The molecule has 0 nitrogen and oxygen atoms in total. The van der Waals surface area contributed by atoms with Gasteiger partial charge in [-0.2, -0.15) is 0 Å². The fourth-order valence-corrected chi connectivity index (χ4v) is 0.340. The van der Waals surface area contributed by atoms with Crippen molar-refractivity contribution in [3.05, 3.63) is 24.3 Å². The summed E-state index contributed by atoms with van der Waals surface area (Å²) in [6.07, 6.45) is 10.0. The summed E-state index contributed by atoms with van der Waals surface area (Å²) in [5.41, 5.74) is 0. The van der Waals surface area contributed by atoms with Crippen LogP contribution in [0.2, 0.25) is 0 Å². The summed E-state index contributed by atoms with van der Waals surface area (Å²) >= 11 is 0. The van der Waals surface area contributed by atoms with Crippen LogP contribution in [0.3, 0.4) is 0 Å². The summed E-state index contributed by atoms with van der Waals surface area (Å²) in [6, 6.07) is 0. The third kappa shape index (κ3) is 12.4. The largest absolute Gasteiger partial charge is 1.00 e. The van der Waals surface area contributed by atoms with Gasteiger partial charge in [0.15, 0.2) is 0 Å². The molecule has 1 aliphatic rings. The molecule has 0 saturated heterocycles. The first-order chi connectivity index (χ1) is 2.50. The van der Waals surface area contributed by atoms with E-state index in [1.165, 1.54) is 0 Å². The fourth-order valence-electron chi connectivity index (χ4n) is 0.340. The van der Waals surface area contributed by atoms with Crippen LogP contribution in [0.4, 0.5) is 0 Å². The maximum atomic E-state index is 2.99. The zero-order valence-corrected chi connectivity index (χ0v) is 10.4. The van der Waals surface area contributed by atoms with Crippen molar-refractivity contribution in [2.24, 2.45) is 0 Å². The number of rotatable bonds is 0. The van der Waals surface area contributed by atoms with Crippen molar-refractivity contribution in [3.63, 3.8) is 0 Å². The molecule has 0 atom stereocenters. The first kappa shape index (κ1) is 22.5.